The van der Waals surface area contributed by atoms with Crippen LogP contribution in [0, 0.1) is 0 Å². The first-order chi connectivity index (χ1) is 11.0. The van der Waals surface area contributed by atoms with Crippen LogP contribution in [-0.2, 0) is 11.3 Å². The van der Waals surface area contributed by atoms with Crippen molar-refractivity contribution in [2.24, 2.45) is 0 Å². The molecule has 1 amide bonds. The van der Waals surface area contributed by atoms with E-state index in [9.17, 15) is 4.79 Å². The fourth-order valence-corrected chi connectivity index (χ4v) is 2.81. The minimum absolute atomic E-state index is 0.0000930. The summed E-state index contributed by atoms with van der Waals surface area (Å²) in [6, 6.07) is 6.14. The molecule has 0 saturated carbocycles. The van der Waals surface area contributed by atoms with Crippen molar-refractivity contribution >= 4 is 5.91 Å². The Hall–Kier alpha value is -2.01. The summed E-state index contributed by atoms with van der Waals surface area (Å²) in [5, 5.41) is 3.06. The molecule has 1 saturated heterocycles. The van der Waals surface area contributed by atoms with Crippen molar-refractivity contribution in [3.8, 4) is 11.5 Å². The third-order valence-electron chi connectivity index (χ3n) is 3.86. The molecule has 1 heterocycles. The molecule has 1 N–H and O–H groups in total. The van der Waals surface area contributed by atoms with Crippen molar-refractivity contribution in [2.45, 2.75) is 32.9 Å². The lowest BCUT2D eigenvalue weighted by Crippen LogP contribution is -2.36. The van der Waals surface area contributed by atoms with E-state index in [-0.39, 0.29) is 11.9 Å². The van der Waals surface area contributed by atoms with Crippen LogP contribution in [0.4, 0.5) is 0 Å². The van der Waals surface area contributed by atoms with Crippen molar-refractivity contribution in [1.82, 2.24) is 10.2 Å². The van der Waals surface area contributed by atoms with Crippen molar-refractivity contribution < 1.29 is 14.3 Å². The third kappa shape index (κ3) is 5.28. The minimum atomic E-state index is -0.0000930. The van der Waals surface area contributed by atoms with E-state index in [0.29, 0.717) is 0 Å². The van der Waals surface area contributed by atoms with Gasteiger partial charge < -0.3 is 14.8 Å². The summed E-state index contributed by atoms with van der Waals surface area (Å²) in [5.41, 5.74) is 2.17. The number of ether oxygens (including phenoxy) is 2. The van der Waals surface area contributed by atoms with Gasteiger partial charge in [0, 0.05) is 37.8 Å². The summed E-state index contributed by atoms with van der Waals surface area (Å²) < 4.78 is 10.6. The zero-order chi connectivity index (χ0) is 16.8. The molecule has 0 aliphatic carbocycles. The minimum Gasteiger partial charge on any atom is -0.497 e. The van der Waals surface area contributed by atoms with Gasteiger partial charge in [-0.15, -0.1) is 0 Å². The van der Waals surface area contributed by atoms with Gasteiger partial charge in [0.2, 0.25) is 5.91 Å². The van der Waals surface area contributed by atoms with Crippen LogP contribution in [0.5, 0.6) is 11.5 Å². The first-order valence-corrected chi connectivity index (χ1v) is 7.90. The monoisotopic (exact) mass is 318 g/mol. The molecule has 0 radical (unpaired) electrons. The van der Waals surface area contributed by atoms with E-state index >= 15 is 0 Å². The molecule has 0 unspecified atom stereocenters. The van der Waals surface area contributed by atoms with Gasteiger partial charge in [-0.05, 0) is 38.0 Å². The number of carbonyl (C=O) groups is 1. The normalized spacial score (nSPS) is 17.7. The molecule has 1 atom stereocenters. The van der Waals surface area contributed by atoms with E-state index in [0.717, 1.165) is 48.7 Å². The van der Waals surface area contributed by atoms with E-state index in [4.69, 9.17) is 9.47 Å². The average molecular weight is 318 g/mol. The highest BCUT2D eigenvalue weighted by molar-refractivity contribution is 5.88. The van der Waals surface area contributed by atoms with Gasteiger partial charge in [0.15, 0.2) is 0 Å². The molecule has 0 spiro atoms. The number of carbonyl (C=O) groups excluding carboxylic acids is 1. The summed E-state index contributed by atoms with van der Waals surface area (Å²) in [6.07, 6.45) is 2.62. The second kappa shape index (κ2) is 8.02. The lowest BCUT2D eigenvalue weighted by Gasteiger charge is -2.17. The first kappa shape index (κ1) is 17.3. The Morgan fingerprint density at radius 1 is 1.26 bits per heavy atom. The van der Waals surface area contributed by atoms with Crippen LogP contribution in [0.2, 0.25) is 0 Å². The van der Waals surface area contributed by atoms with Gasteiger partial charge in [-0.25, -0.2) is 0 Å². The smallest absolute Gasteiger partial charge is 0.244 e. The summed E-state index contributed by atoms with van der Waals surface area (Å²) >= 11 is 0. The lowest BCUT2D eigenvalue weighted by molar-refractivity contribution is -0.117. The number of rotatable bonds is 6. The molecule has 5 heteroatoms. The van der Waals surface area contributed by atoms with E-state index in [1.165, 1.54) is 0 Å². The van der Waals surface area contributed by atoms with E-state index in [2.05, 4.69) is 10.2 Å². The average Bonchev–Trinajstić information content (AvgIpc) is 2.92. The quantitative estimate of drug-likeness (QED) is 0.818. The molecule has 1 aromatic carbocycles. The highest BCUT2D eigenvalue weighted by atomic mass is 16.5. The maximum absolute atomic E-state index is 11.8. The van der Waals surface area contributed by atoms with Crippen molar-refractivity contribution in [1.29, 1.82) is 0 Å². The standard InChI is InChI=1S/C18H26N2O3/c1-13(2)7-18(21)19-15-5-6-20(12-15)11-14-8-16(22-3)10-17(9-14)23-4/h7-10,15H,5-6,11-12H2,1-4H3,(H,19,21)/t15-/m0/s1. The van der Waals surface area contributed by atoms with Gasteiger partial charge in [0.05, 0.1) is 14.2 Å². The number of allylic oxidation sites excluding steroid dienone is 1. The van der Waals surface area contributed by atoms with Crippen LogP contribution < -0.4 is 14.8 Å². The Labute approximate surface area is 138 Å². The van der Waals surface area contributed by atoms with Crippen LogP contribution in [0.3, 0.4) is 0 Å². The molecule has 5 nitrogen and oxygen atoms in total. The molecular formula is C18H26N2O3. The lowest BCUT2D eigenvalue weighted by atomic mass is 10.2. The topological polar surface area (TPSA) is 50.8 Å². The van der Waals surface area contributed by atoms with Gasteiger partial charge in [-0.1, -0.05) is 5.57 Å². The number of benzene rings is 1. The largest absolute Gasteiger partial charge is 0.497 e. The number of methoxy groups -OCH3 is 2. The molecule has 23 heavy (non-hydrogen) atoms. The molecule has 1 aliphatic rings. The van der Waals surface area contributed by atoms with Gasteiger partial charge in [-0.3, -0.25) is 9.69 Å². The SMILES string of the molecule is COc1cc(CN2CC[C@H](NC(=O)C=C(C)C)C2)cc(OC)c1. The number of hydrogen-bond acceptors (Lipinski definition) is 4. The number of amides is 1. The summed E-state index contributed by atoms with van der Waals surface area (Å²) in [7, 11) is 3.31. The molecule has 126 valence electrons. The maximum atomic E-state index is 11.8. The van der Waals surface area contributed by atoms with Crippen LogP contribution >= 0.6 is 0 Å². The van der Waals surface area contributed by atoms with E-state index in [1.54, 1.807) is 20.3 Å². The second-order valence-electron chi connectivity index (χ2n) is 6.17. The second-order valence-corrected chi connectivity index (χ2v) is 6.17. The van der Waals surface area contributed by atoms with Crippen molar-refractivity contribution in [3.05, 3.63) is 35.4 Å². The zero-order valence-corrected chi connectivity index (χ0v) is 14.4. The van der Waals surface area contributed by atoms with Crippen LogP contribution in [0.1, 0.15) is 25.8 Å². The molecule has 1 aromatic rings. The number of nitrogens with zero attached hydrogens (tertiary/aromatic N) is 1. The Morgan fingerprint density at radius 2 is 1.91 bits per heavy atom. The highest BCUT2D eigenvalue weighted by Gasteiger charge is 2.23. The molecule has 1 aliphatic heterocycles. The van der Waals surface area contributed by atoms with Crippen molar-refractivity contribution in [2.75, 3.05) is 27.3 Å². The number of hydrogen-bond donors (Lipinski definition) is 1. The predicted octanol–water partition coefficient (Wildman–Crippen LogP) is 2.36. The molecular weight excluding hydrogens is 292 g/mol. The summed E-state index contributed by atoms with van der Waals surface area (Å²) in [5.74, 6) is 1.60. The number of nitrogens with one attached hydrogen (secondary N) is 1. The van der Waals surface area contributed by atoms with Gasteiger partial charge in [-0.2, -0.15) is 0 Å². The van der Waals surface area contributed by atoms with E-state index < -0.39 is 0 Å². The first-order valence-electron chi connectivity index (χ1n) is 7.90. The maximum Gasteiger partial charge on any atom is 0.244 e. The van der Waals surface area contributed by atoms with E-state index in [1.807, 2.05) is 32.0 Å². The Bertz CT molecular complexity index is 557. The van der Waals surface area contributed by atoms with Crippen LogP contribution in [0.15, 0.2) is 29.8 Å². The van der Waals surface area contributed by atoms with Crippen molar-refractivity contribution in [3.63, 3.8) is 0 Å². The summed E-state index contributed by atoms with van der Waals surface area (Å²) in [6.45, 7) is 6.51. The third-order valence-corrected chi connectivity index (χ3v) is 3.86. The van der Waals surface area contributed by atoms with Gasteiger partial charge >= 0.3 is 0 Å². The van der Waals surface area contributed by atoms with Gasteiger partial charge in [0.1, 0.15) is 11.5 Å². The van der Waals surface area contributed by atoms with Crippen LogP contribution in [-0.4, -0.2) is 44.2 Å². The summed E-state index contributed by atoms with van der Waals surface area (Å²) in [4.78, 5) is 14.1. The predicted molar refractivity (Wildman–Crippen MR) is 90.8 cm³/mol. The Morgan fingerprint density at radius 3 is 2.48 bits per heavy atom. The highest BCUT2D eigenvalue weighted by Crippen LogP contribution is 2.24. The molecule has 1 fully saturated rings. The fourth-order valence-electron chi connectivity index (χ4n) is 2.81. The Balaban J connectivity index is 1.93. The fraction of sp³-hybridized carbons (Fsp3) is 0.500. The molecule has 0 aromatic heterocycles. The number of likely N-dealkylation sites (tertiary alicyclic amines) is 1. The van der Waals surface area contributed by atoms with Gasteiger partial charge in [0.25, 0.3) is 0 Å². The molecule has 0 bridgehead atoms. The molecule has 2 rings (SSSR count). The van der Waals surface area contributed by atoms with Crippen LogP contribution in [0.25, 0.3) is 0 Å². The Kier molecular flexibility index (Phi) is 6.04. The zero-order valence-electron chi connectivity index (χ0n) is 14.4.